The summed E-state index contributed by atoms with van der Waals surface area (Å²) in [4.78, 5) is 14.3. The maximum absolute atomic E-state index is 12.3. The summed E-state index contributed by atoms with van der Waals surface area (Å²) in [6.07, 6.45) is 0.626. The Labute approximate surface area is 137 Å². The zero-order valence-corrected chi connectivity index (χ0v) is 13.5. The van der Waals surface area contributed by atoms with Crippen molar-refractivity contribution in [3.8, 4) is 0 Å². The molecule has 0 aromatic heterocycles. The number of amides is 1. The summed E-state index contributed by atoms with van der Waals surface area (Å²) in [5.74, 6) is -0.0781. The molecule has 1 amide bonds. The molecule has 0 heterocycles. The topological polar surface area (TPSA) is 52.6 Å². The van der Waals surface area contributed by atoms with Crippen LogP contribution in [0.15, 0.2) is 60.7 Å². The van der Waals surface area contributed by atoms with Crippen molar-refractivity contribution >= 4 is 11.6 Å². The smallest absolute Gasteiger partial charge is 0.239 e. The number of carbonyl (C=O) groups excluding carboxylic acids is 1. The first-order valence-corrected chi connectivity index (χ1v) is 7.97. The van der Waals surface area contributed by atoms with E-state index in [4.69, 9.17) is 0 Å². The molecular weight excluding hydrogens is 288 g/mol. The van der Waals surface area contributed by atoms with Crippen LogP contribution >= 0.6 is 0 Å². The predicted octanol–water partition coefficient (Wildman–Crippen LogP) is 2.23. The SMILES string of the molecule is CCN(CC(=O)NC(CO)Cc1ccccc1)c1ccccc1. The molecule has 1 unspecified atom stereocenters. The summed E-state index contributed by atoms with van der Waals surface area (Å²) >= 11 is 0. The fourth-order valence-electron chi connectivity index (χ4n) is 2.53. The van der Waals surface area contributed by atoms with Gasteiger partial charge in [-0.05, 0) is 31.0 Å². The van der Waals surface area contributed by atoms with Gasteiger partial charge < -0.3 is 15.3 Å². The lowest BCUT2D eigenvalue weighted by molar-refractivity contribution is -0.120. The second-order valence-electron chi connectivity index (χ2n) is 5.49. The summed E-state index contributed by atoms with van der Waals surface area (Å²) in [6.45, 7) is 2.98. The maximum Gasteiger partial charge on any atom is 0.239 e. The molecule has 4 heteroatoms. The highest BCUT2D eigenvalue weighted by atomic mass is 16.3. The van der Waals surface area contributed by atoms with E-state index in [0.717, 1.165) is 17.8 Å². The van der Waals surface area contributed by atoms with Gasteiger partial charge in [-0.2, -0.15) is 0 Å². The first-order valence-electron chi connectivity index (χ1n) is 7.97. The lowest BCUT2D eigenvalue weighted by Crippen LogP contribution is -2.44. The Morgan fingerprint density at radius 2 is 1.70 bits per heavy atom. The van der Waals surface area contributed by atoms with Crippen LogP contribution in [0.4, 0.5) is 5.69 Å². The van der Waals surface area contributed by atoms with Crippen LogP contribution in [0.5, 0.6) is 0 Å². The minimum absolute atomic E-state index is 0.0713. The molecule has 0 saturated heterocycles. The number of nitrogens with one attached hydrogen (secondary N) is 1. The highest BCUT2D eigenvalue weighted by Gasteiger charge is 2.15. The third kappa shape index (κ3) is 5.42. The van der Waals surface area contributed by atoms with E-state index in [1.54, 1.807) is 0 Å². The van der Waals surface area contributed by atoms with Crippen molar-refractivity contribution in [3.05, 3.63) is 66.2 Å². The molecule has 0 fully saturated rings. The van der Waals surface area contributed by atoms with Crippen molar-refractivity contribution in [2.24, 2.45) is 0 Å². The van der Waals surface area contributed by atoms with E-state index in [-0.39, 0.29) is 25.1 Å². The number of likely N-dealkylation sites (N-methyl/N-ethyl adjacent to an activating group) is 1. The Kier molecular flexibility index (Phi) is 6.63. The standard InChI is InChI=1S/C19H24N2O2/c1-2-21(18-11-7-4-8-12-18)14-19(23)20-17(15-22)13-16-9-5-3-6-10-16/h3-12,17,22H,2,13-15H2,1H3,(H,20,23). The Hall–Kier alpha value is -2.33. The zero-order valence-electron chi connectivity index (χ0n) is 13.5. The lowest BCUT2D eigenvalue weighted by atomic mass is 10.1. The molecule has 4 nitrogen and oxygen atoms in total. The number of carbonyl (C=O) groups is 1. The first kappa shape index (κ1) is 17.0. The average molecular weight is 312 g/mol. The van der Waals surface area contributed by atoms with Gasteiger partial charge in [-0.15, -0.1) is 0 Å². The quantitative estimate of drug-likeness (QED) is 0.786. The van der Waals surface area contributed by atoms with Crippen LogP contribution in [0.1, 0.15) is 12.5 Å². The molecule has 0 radical (unpaired) electrons. The van der Waals surface area contributed by atoms with Crippen LogP contribution < -0.4 is 10.2 Å². The molecule has 1 atom stereocenters. The minimum atomic E-state index is -0.264. The Bertz CT molecular complexity index is 587. The van der Waals surface area contributed by atoms with Crippen LogP contribution in [0.3, 0.4) is 0 Å². The van der Waals surface area contributed by atoms with Crippen LogP contribution in [-0.2, 0) is 11.2 Å². The van der Waals surface area contributed by atoms with Gasteiger partial charge in [-0.1, -0.05) is 48.5 Å². The molecule has 122 valence electrons. The van der Waals surface area contributed by atoms with Crippen molar-refractivity contribution in [3.63, 3.8) is 0 Å². The average Bonchev–Trinajstić information content (AvgIpc) is 2.60. The molecule has 2 rings (SSSR count). The number of hydrogen-bond donors (Lipinski definition) is 2. The molecule has 0 aliphatic heterocycles. The van der Waals surface area contributed by atoms with Gasteiger partial charge in [0.25, 0.3) is 0 Å². The number of anilines is 1. The predicted molar refractivity (Wildman–Crippen MR) is 93.5 cm³/mol. The number of para-hydroxylation sites is 1. The summed E-state index contributed by atoms with van der Waals surface area (Å²) in [5.41, 5.74) is 2.12. The van der Waals surface area contributed by atoms with E-state index < -0.39 is 0 Å². The van der Waals surface area contributed by atoms with Gasteiger partial charge in [0, 0.05) is 12.2 Å². The number of rotatable bonds is 8. The minimum Gasteiger partial charge on any atom is -0.394 e. The fourth-order valence-corrected chi connectivity index (χ4v) is 2.53. The van der Waals surface area contributed by atoms with Crippen LogP contribution in [0.25, 0.3) is 0 Å². The number of benzene rings is 2. The van der Waals surface area contributed by atoms with Gasteiger partial charge in [0.15, 0.2) is 0 Å². The van der Waals surface area contributed by atoms with Gasteiger partial charge in [-0.3, -0.25) is 4.79 Å². The molecule has 2 aromatic rings. The van der Waals surface area contributed by atoms with Gasteiger partial charge in [0.05, 0.1) is 19.2 Å². The molecule has 23 heavy (non-hydrogen) atoms. The third-order valence-corrected chi connectivity index (χ3v) is 3.75. The third-order valence-electron chi connectivity index (χ3n) is 3.75. The largest absolute Gasteiger partial charge is 0.394 e. The number of nitrogens with zero attached hydrogens (tertiary/aromatic N) is 1. The maximum atomic E-state index is 12.3. The first-order chi connectivity index (χ1) is 11.2. The van der Waals surface area contributed by atoms with Gasteiger partial charge in [0.2, 0.25) is 5.91 Å². The lowest BCUT2D eigenvalue weighted by Gasteiger charge is -2.24. The molecule has 2 aromatic carbocycles. The van der Waals surface area contributed by atoms with Crippen LogP contribution in [0.2, 0.25) is 0 Å². The monoisotopic (exact) mass is 312 g/mol. The van der Waals surface area contributed by atoms with Crippen molar-refractivity contribution in [2.45, 2.75) is 19.4 Å². The van der Waals surface area contributed by atoms with E-state index in [2.05, 4.69) is 5.32 Å². The van der Waals surface area contributed by atoms with Gasteiger partial charge >= 0.3 is 0 Å². The van der Waals surface area contributed by atoms with Crippen molar-refractivity contribution < 1.29 is 9.90 Å². The van der Waals surface area contributed by atoms with E-state index >= 15 is 0 Å². The molecule has 0 spiro atoms. The van der Waals surface area contributed by atoms with Gasteiger partial charge in [0.1, 0.15) is 0 Å². The summed E-state index contributed by atoms with van der Waals surface area (Å²) in [7, 11) is 0. The second kappa shape index (κ2) is 8.96. The summed E-state index contributed by atoms with van der Waals surface area (Å²) in [6, 6.07) is 19.5. The fraction of sp³-hybridized carbons (Fsp3) is 0.316. The molecule has 0 aliphatic rings. The summed E-state index contributed by atoms with van der Waals surface area (Å²) in [5, 5.41) is 12.4. The Balaban J connectivity index is 1.91. The number of aliphatic hydroxyl groups is 1. The van der Waals surface area contributed by atoms with Crippen LogP contribution in [-0.4, -0.2) is 36.8 Å². The van der Waals surface area contributed by atoms with Gasteiger partial charge in [-0.25, -0.2) is 0 Å². The normalized spacial score (nSPS) is 11.7. The number of hydrogen-bond acceptors (Lipinski definition) is 3. The Morgan fingerprint density at radius 3 is 2.26 bits per heavy atom. The molecule has 2 N–H and O–H groups in total. The number of aliphatic hydroxyl groups excluding tert-OH is 1. The van der Waals surface area contributed by atoms with Crippen molar-refractivity contribution in [2.75, 3.05) is 24.6 Å². The van der Waals surface area contributed by atoms with E-state index in [1.165, 1.54) is 0 Å². The molecule has 0 aliphatic carbocycles. The van der Waals surface area contributed by atoms with E-state index in [0.29, 0.717) is 6.42 Å². The summed E-state index contributed by atoms with van der Waals surface area (Å²) < 4.78 is 0. The second-order valence-corrected chi connectivity index (χ2v) is 5.49. The van der Waals surface area contributed by atoms with Crippen molar-refractivity contribution in [1.82, 2.24) is 5.32 Å². The molecule has 0 saturated carbocycles. The zero-order chi connectivity index (χ0) is 16.5. The molecule has 0 bridgehead atoms. The molecular formula is C19H24N2O2. The van der Waals surface area contributed by atoms with E-state index in [1.807, 2.05) is 72.5 Å². The highest BCUT2D eigenvalue weighted by molar-refractivity contribution is 5.81. The van der Waals surface area contributed by atoms with Crippen LogP contribution in [0, 0.1) is 0 Å². The van der Waals surface area contributed by atoms with Crippen molar-refractivity contribution in [1.29, 1.82) is 0 Å². The van der Waals surface area contributed by atoms with E-state index in [9.17, 15) is 9.90 Å². The Morgan fingerprint density at radius 1 is 1.09 bits per heavy atom. The highest BCUT2D eigenvalue weighted by Crippen LogP contribution is 2.12.